The summed E-state index contributed by atoms with van der Waals surface area (Å²) in [5.74, 6) is 1.21. The van der Waals surface area contributed by atoms with Crippen molar-refractivity contribution < 1.29 is 27.5 Å². The van der Waals surface area contributed by atoms with E-state index in [-0.39, 0.29) is 4.90 Å². The van der Waals surface area contributed by atoms with Crippen molar-refractivity contribution in [1.29, 1.82) is 0 Å². The summed E-state index contributed by atoms with van der Waals surface area (Å²) in [7, 11) is -4.18. The molecule has 1 amide bonds. The van der Waals surface area contributed by atoms with Crippen LogP contribution in [0.5, 0.6) is 5.75 Å². The maximum Gasteiger partial charge on any atom is 0.325 e. The lowest BCUT2D eigenvalue weighted by Crippen LogP contribution is -2.61. The lowest BCUT2D eigenvalue weighted by molar-refractivity contribution is -0.154. The number of ether oxygens (including phenoxy) is 2. The molecule has 9 heteroatoms. The number of hydrogen-bond acceptors (Lipinski definition) is 6. The van der Waals surface area contributed by atoms with Gasteiger partial charge in [-0.15, -0.1) is 6.42 Å². The zero-order valence-electron chi connectivity index (χ0n) is 20.8. The molecule has 0 radical (unpaired) electrons. The van der Waals surface area contributed by atoms with E-state index in [1.165, 1.54) is 19.1 Å². The van der Waals surface area contributed by atoms with Gasteiger partial charge in [-0.25, -0.2) is 8.42 Å². The molecule has 35 heavy (non-hydrogen) atoms. The van der Waals surface area contributed by atoms with Crippen LogP contribution < -0.4 is 14.8 Å². The van der Waals surface area contributed by atoms with E-state index in [1.807, 2.05) is 13.8 Å². The highest BCUT2D eigenvalue weighted by molar-refractivity contribution is 7.89. The van der Waals surface area contributed by atoms with E-state index in [2.05, 4.69) is 16.0 Å². The minimum Gasteiger partial charge on any atom is -0.473 e. The maximum absolute atomic E-state index is 13.2. The molecule has 0 saturated carbocycles. The second kappa shape index (κ2) is 10.9. The van der Waals surface area contributed by atoms with Crippen molar-refractivity contribution in [2.45, 2.75) is 63.7 Å². The fourth-order valence-corrected chi connectivity index (χ4v) is 4.29. The first-order valence-electron chi connectivity index (χ1n) is 11.0. The zero-order valence-corrected chi connectivity index (χ0v) is 21.7. The van der Waals surface area contributed by atoms with Gasteiger partial charge in [0.1, 0.15) is 17.9 Å². The molecule has 0 aliphatic carbocycles. The van der Waals surface area contributed by atoms with Crippen LogP contribution in [0.1, 0.15) is 38.8 Å². The monoisotopic (exact) mass is 500 g/mol. The number of rotatable bonds is 9. The number of hydrogen-bond donors (Lipinski definition) is 2. The van der Waals surface area contributed by atoms with Gasteiger partial charge in [0.25, 0.3) is 0 Å². The largest absolute Gasteiger partial charge is 0.473 e. The van der Waals surface area contributed by atoms with E-state index in [0.29, 0.717) is 5.75 Å². The van der Waals surface area contributed by atoms with Crippen LogP contribution in [-0.4, -0.2) is 44.1 Å². The molecule has 0 aliphatic heterocycles. The third-order valence-corrected chi connectivity index (χ3v) is 6.32. The lowest BCUT2D eigenvalue weighted by Gasteiger charge is -2.33. The van der Waals surface area contributed by atoms with Crippen molar-refractivity contribution >= 4 is 21.9 Å². The van der Waals surface area contributed by atoms with Crippen LogP contribution in [0, 0.1) is 26.2 Å². The highest BCUT2D eigenvalue weighted by Gasteiger charge is 2.43. The zero-order chi connectivity index (χ0) is 26.4. The van der Waals surface area contributed by atoms with E-state index in [9.17, 15) is 18.0 Å². The minimum atomic E-state index is -4.18. The summed E-state index contributed by atoms with van der Waals surface area (Å²) in [4.78, 5) is 25.3. The van der Waals surface area contributed by atoms with Gasteiger partial charge in [-0.1, -0.05) is 41.3 Å². The molecule has 0 fully saturated rings. The predicted molar refractivity (Wildman–Crippen MR) is 133 cm³/mol. The molecule has 188 valence electrons. The second-order valence-corrected chi connectivity index (χ2v) is 11.1. The van der Waals surface area contributed by atoms with Crippen molar-refractivity contribution in [3.63, 3.8) is 0 Å². The summed E-state index contributed by atoms with van der Waals surface area (Å²) in [5, 5.41) is 2.41. The number of carbonyl (C=O) groups is 2. The summed E-state index contributed by atoms with van der Waals surface area (Å²) in [6.45, 7) is 9.73. The topological polar surface area (TPSA) is 111 Å². The van der Waals surface area contributed by atoms with Crippen molar-refractivity contribution in [3.05, 3.63) is 59.7 Å². The van der Waals surface area contributed by atoms with Gasteiger partial charge in [0.2, 0.25) is 15.9 Å². The van der Waals surface area contributed by atoms with Crippen LogP contribution in [-0.2, 0) is 24.3 Å². The van der Waals surface area contributed by atoms with Gasteiger partial charge >= 0.3 is 5.97 Å². The van der Waals surface area contributed by atoms with Gasteiger partial charge < -0.3 is 14.8 Å². The van der Waals surface area contributed by atoms with E-state index >= 15 is 0 Å². The number of amides is 1. The second-order valence-electron chi connectivity index (χ2n) is 9.34. The number of sulfonamides is 1. The number of benzene rings is 2. The number of esters is 1. The number of carbonyl (C=O) groups excluding carboxylic acids is 2. The van der Waals surface area contributed by atoms with E-state index in [1.54, 1.807) is 57.2 Å². The Morgan fingerprint density at radius 2 is 1.49 bits per heavy atom. The molecule has 0 spiro atoms. The standard InChI is InChI=1S/C26H32N2O6S/c1-8-26(7,33-20-13-9-18(2)10-14-20)23(24(30)27-17-22(29)34-25(4,5)6)28-35(31,32)21-15-11-19(3)12-16-21/h1,9-16,23,28H,17H2,2-7H3,(H,27,30)/t23-,26-/m1/s1. The van der Waals surface area contributed by atoms with E-state index in [4.69, 9.17) is 15.9 Å². The van der Waals surface area contributed by atoms with Crippen LogP contribution in [0.15, 0.2) is 53.4 Å². The average Bonchev–Trinajstić information content (AvgIpc) is 2.76. The lowest BCUT2D eigenvalue weighted by atomic mass is 9.96. The van der Waals surface area contributed by atoms with Gasteiger partial charge in [0, 0.05) is 0 Å². The summed E-state index contributed by atoms with van der Waals surface area (Å²) < 4.78 is 39.8. The Hall–Kier alpha value is -3.35. The van der Waals surface area contributed by atoms with Crippen molar-refractivity contribution in [3.8, 4) is 18.1 Å². The summed E-state index contributed by atoms with van der Waals surface area (Å²) in [6.07, 6.45) is 5.76. The van der Waals surface area contributed by atoms with Crippen molar-refractivity contribution in [2.75, 3.05) is 6.54 Å². The molecule has 0 saturated heterocycles. The third kappa shape index (κ3) is 8.12. The summed E-state index contributed by atoms with van der Waals surface area (Å²) in [5.41, 5.74) is -0.653. The van der Waals surface area contributed by atoms with Gasteiger partial charge in [-0.2, -0.15) is 4.72 Å². The van der Waals surface area contributed by atoms with Gasteiger partial charge in [-0.05, 0) is 65.8 Å². The molecule has 2 aromatic carbocycles. The fourth-order valence-electron chi connectivity index (χ4n) is 3.02. The first kappa shape index (κ1) is 27.9. The Morgan fingerprint density at radius 3 is 1.97 bits per heavy atom. The highest BCUT2D eigenvalue weighted by atomic mass is 32.2. The first-order valence-corrected chi connectivity index (χ1v) is 12.5. The molecule has 0 bridgehead atoms. The minimum absolute atomic E-state index is 0.0530. The van der Waals surface area contributed by atoms with Gasteiger partial charge in [0.15, 0.2) is 11.6 Å². The molecule has 2 atom stereocenters. The Morgan fingerprint density at radius 1 is 0.971 bits per heavy atom. The smallest absolute Gasteiger partial charge is 0.325 e. The summed E-state index contributed by atoms with van der Waals surface area (Å²) >= 11 is 0. The van der Waals surface area contributed by atoms with Crippen LogP contribution in [0.2, 0.25) is 0 Å². The Bertz CT molecular complexity index is 1190. The van der Waals surface area contributed by atoms with Crippen molar-refractivity contribution in [1.82, 2.24) is 10.0 Å². The summed E-state index contributed by atoms with van der Waals surface area (Å²) in [6, 6.07) is 11.4. The molecule has 2 rings (SSSR count). The number of nitrogens with one attached hydrogen (secondary N) is 2. The molecular formula is C26H32N2O6S. The number of terminal acetylenes is 1. The van der Waals surface area contributed by atoms with Crippen LogP contribution in [0.4, 0.5) is 0 Å². The van der Waals surface area contributed by atoms with Gasteiger partial charge in [0.05, 0.1) is 4.90 Å². The van der Waals surface area contributed by atoms with E-state index < -0.39 is 45.7 Å². The molecule has 0 aromatic heterocycles. The van der Waals surface area contributed by atoms with Gasteiger partial charge in [-0.3, -0.25) is 9.59 Å². The maximum atomic E-state index is 13.2. The average molecular weight is 501 g/mol. The van der Waals surface area contributed by atoms with E-state index in [0.717, 1.165) is 11.1 Å². The quantitative estimate of drug-likeness (QED) is 0.405. The molecule has 8 nitrogen and oxygen atoms in total. The SMILES string of the molecule is C#C[C@@](C)(Oc1ccc(C)cc1)[C@H](NS(=O)(=O)c1ccc(C)cc1)C(=O)NCC(=O)OC(C)(C)C. The van der Waals surface area contributed by atoms with Crippen LogP contribution >= 0.6 is 0 Å². The van der Waals surface area contributed by atoms with Crippen LogP contribution in [0.3, 0.4) is 0 Å². The molecule has 0 heterocycles. The number of aryl methyl sites for hydroxylation is 2. The molecule has 0 unspecified atom stereocenters. The van der Waals surface area contributed by atoms with Crippen LogP contribution in [0.25, 0.3) is 0 Å². The Balaban J connectivity index is 2.38. The fraction of sp³-hybridized carbons (Fsp3) is 0.385. The Labute approximate surface area is 207 Å². The molecule has 2 aromatic rings. The van der Waals surface area contributed by atoms with Crippen molar-refractivity contribution in [2.24, 2.45) is 0 Å². The normalized spacial score (nSPS) is 14.2. The first-order chi connectivity index (χ1) is 16.1. The highest BCUT2D eigenvalue weighted by Crippen LogP contribution is 2.24. The Kier molecular flexibility index (Phi) is 8.71. The predicted octanol–water partition coefficient (Wildman–Crippen LogP) is 2.88. The third-order valence-electron chi connectivity index (χ3n) is 4.88. The molecule has 2 N–H and O–H groups in total. The molecular weight excluding hydrogens is 468 g/mol. The molecule has 0 aliphatic rings.